The highest BCUT2D eigenvalue weighted by atomic mass is 35.5. The molecule has 1 aliphatic heterocycles. The van der Waals surface area contributed by atoms with Crippen LogP contribution in [0.5, 0.6) is 0 Å². The minimum Gasteiger partial charge on any atom is -0.390 e. The minimum atomic E-state index is -0.407. The highest BCUT2D eigenvalue weighted by Gasteiger charge is 2.29. The number of rotatable bonds is 4. The number of hydrogen-bond acceptors (Lipinski definition) is 2. The molecule has 0 saturated carbocycles. The van der Waals surface area contributed by atoms with E-state index in [1.807, 2.05) is 25.2 Å². The molecule has 1 fully saturated rings. The molecule has 0 aromatic heterocycles. The van der Waals surface area contributed by atoms with Gasteiger partial charge in [-0.05, 0) is 32.7 Å². The molecular weight excluding hydrogens is 210 g/mol. The summed E-state index contributed by atoms with van der Waals surface area (Å²) in [5.41, 5.74) is 0. The van der Waals surface area contributed by atoms with E-state index in [0.717, 1.165) is 25.8 Å². The van der Waals surface area contributed by atoms with E-state index in [1.54, 1.807) is 0 Å². The van der Waals surface area contributed by atoms with Crippen molar-refractivity contribution < 1.29 is 5.11 Å². The Kier molecular flexibility index (Phi) is 5.99. The normalized spacial score (nSPS) is 32.9. The molecule has 1 aliphatic rings. The van der Waals surface area contributed by atoms with Crippen molar-refractivity contribution in [2.75, 3.05) is 6.54 Å². The van der Waals surface area contributed by atoms with Crippen molar-refractivity contribution in [3.8, 4) is 0 Å². The van der Waals surface area contributed by atoms with Crippen LogP contribution in [0.3, 0.4) is 0 Å². The van der Waals surface area contributed by atoms with Gasteiger partial charge in [-0.2, -0.15) is 0 Å². The molecule has 3 heteroatoms. The van der Waals surface area contributed by atoms with Crippen molar-refractivity contribution in [3.63, 3.8) is 0 Å². The monoisotopic (exact) mass is 229 g/mol. The topological polar surface area (TPSA) is 32.3 Å². The van der Waals surface area contributed by atoms with Crippen LogP contribution in [0.2, 0.25) is 0 Å². The van der Waals surface area contributed by atoms with E-state index < -0.39 is 6.10 Å². The van der Waals surface area contributed by atoms with Crippen LogP contribution in [-0.2, 0) is 0 Å². The molecule has 1 rings (SSSR count). The van der Waals surface area contributed by atoms with E-state index in [4.69, 9.17) is 11.6 Å². The fourth-order valence-corrected chi connectivity index (χ4v) is 2.07. The standard InChI is InChI=1S/C12H20ClNO/c1-2-3-4-5-6-7-11-12(15)10(13)8-9-14-11/h2-5,10-12,14-15H,6-9H2,1H3. The molecule has 0 amide bonds. The number of aliphatic hydroxyl groups excluding tert-OH is 1. The molecule has 2 N–H and O–H groups in total. The third kappa shape index (κ3) is 4.37. The molecule has 0 aromatic carbocycles. The number of halogens is 1. The lowest BCUT2D eigenvalue weighted by molar-refractivity contribution is 0.0968. The Hall–Kier alpha value is -0.310. The van der Waals surface area contributed by atoms with E-state index >= 15 is 0 Å². The van der Waals surface area contributed by atoms with E-state index in [-0.39, 0.29) is 11.4 Å². The molecule has 0 aromatic rings. The van der Waals surface area contributed by atoms with Crippen LogP contribution in [0.25, 0.3) is 0 Å². The number of alkyl halides is 1. The Labute approximate surface area is 97.0 Å². The summed E-state index contributed by atoms with van der Waals surface area (Å²) in [7, 11) is 0. The molecule has 0 spiro atoms. The highest BCUT2D eigenvalue weighted by molar-refractivity contribution is 6.21. The van der Waals surface area contributed by atoms with Crippen molar-refractivity contribution >= 4 is 11.6 Å². The van der Waals surface area contributed by atoms with Crippen molar-refractivity contribution in [2.45, 2.75) is 43.7 Å². The number of hydrogen-bond donors (Lipinski definition) is 2. The molecule has 86 valence electrons. The van der Waals surface area contributed by atoms with Gasteiger partial charge in [-0.25, -0.2) is 0 Å². The van der Waals surface area contributed by atoms with Gasteiger partial charge in [0.05, 0.1) is 11.5 Å². The molecule has 0 aliphatic carbocycles. The van der Waals surface area contributed by atoms with Crippen LogP contribution in [-0.4, -0.2) is 29.2 Å². The van der Waals surface area contributed by atoms with Gasteiger partial charge in [0.15, 0.2) is 0 Å². The van der Waals surface area contributed by atoms with Crippen molar-refractivity contribution in [1.29, 1.82) is 0 Å². The molecular formula is C12H20ClNO. The van der Waals surface area contributed by atoms with Crippen molar-refractivity contribution in [1.82, 2.24) is 5.32 Å². The molecule has 0 radical (unpaired) electrons. The fraction of sp³-hybridized carbons (Fsp3) is 0.667. The maximum Gasteiger partial charge on any atom is 0.0856 e. The number of aliphatic hydroxyl groups is 1. The van der Waals surface area contributed by atoms with Crippen molar-refractivity contribution in [2.24, 2.45) is 0 Å². The van der Waals surface area contributed by atoms with E-state index in [0.29, 0.717) is 0 Å². The van der Waals surface area contributed by atoms with Gasteiger partial charge < -0.3 is 10.4 Å². The zero-order chi connectivity index (χ0) is 11.1. The summed E-state index contributed by atoms with van der Waals surface area (Å²) in [6.07, 6.45) is 10.5. The molecule has 3 atom stereocenters. The first kappa shape index (κ1) is 12.8. The van der Waals surface area contributed by atoms with Gasteiger partial charge in [0, 0.05) is 6.04 Å². The van der Waals surface area contributed by atoms with Crippen molar-refractivity contribution in [3.05, 3.63) is 24.3 Å². The second kappa shape index (κ2) is 7.04. The molecule has 3 unspecified atom stereocenters. The average molecular weight is 230 g/mol. The first-order valence-electron chi connectivity index (χ1n) is 5.59. The lowest BCUT2D eigenvalue weighted by atomic mass is 9.97. The Morgan fingerprint density at radius 3 is 3.00 bits per heavy atom. The quantitative estimate of drug-likeness (QED) is 0.573. The lowest BCUT2D eigenvalue weighted by Crippen LogP contribution is -2.50. The van der Waals surface area contributed by atoms with E-state index in [2.05, 4.69) is 11.4 Å². The van der Waals surface area contributed by atoms with Crippen LogP contribution in [0, 0.1) is 0 Å². The summed E-state index contributed by atoms with van der Waals surface area (Å²) in [6, 6.07) is 0.150. The van der Waals surface area contributed by atoms with Crippen LogP contribution < -0.4 is 5.32 Å². The number of allylic oxidation sites excluding steroid dienone is 4. The number of nitrogens with one attached hydrogen (secondary N) is 1. The second-order valence-electron chi connectivity index (χ2n) is 3.89. The molecule has 2 nitrogen and oxygen atoms in total. The van der Waals surface area contributed by atoms with E-state index in [1.165, 1.54) is 0 Å². The van der Waals surface area contributed by atoms with Crippen LogP contribution >= 0.6 is 11.6 Å². The van der Waals surface area contributed by atoms with Gasteiger partial charge in [0.2, 0.25) is 0 Å². The predicted molar refractivity (Wildman–Crippen MR) is 65.2 cm³/mol. The van der Waals surface area contributed by atoms with Gasteiger partial charge in [-0.15, -0.1) is 11.6 Å². The third-order valence-corrected chi connectivity index (χ3v) is 3.17. The Balaban J connectivity index is 2.25. The molecule has 15 heavy (non-hydrogen) atoms. The lowest BCUT2D eigenvalue weighted by Gasteiger charge is -2.32. The van der Waals surface area contributed by atoms with Crippen LogP contribution in [0.1, 0.15) is 26.2 Å². The van der Waals surface area contributed by atoms with Gasteiger partial charge in [-0.3, -0.25) is 0 Å². The summed E-state index contributed by atoms with van der Waals surface area (Å²) in [5.74, 6) is 0. The maximum atomic E-state index is 9.81. The van der Waals surface area contributed by atoms with Crippen LogP contribution in [0.4, 0.5) is 0 Å². The Bertz CT molecular complexity index is 228. The maximum absolute atomic E-state index is 9.81. The smallest absolute Gasteiger partial charge is 0.0856 e. The summed E-state index contributed by atoms with van der Waals surface area (Å²) >= 11 is 6.01. The predicted octanol–water partition coefficient (Wildman–Crippen LogP) is 2.23. The fourth-order valence-electron chi connectivity index (χ4n) is 1.78. The highest BCUT2D eigenvalue weighted by Crippen LogP contribution is 2.18. The van der Waals surface area contributed by atoms with E-state index in [9.17, 15) is 5.11 Å². The van der Waals surface area contributed by atoms with Gasteiger partial charge in [0.25, 0.3) is 0 Å². The first-order chi connectivity index (χ1) is 7.25. The van der Waals surface area contributed by atoms with Crippen LogP contribution in [0.15, 0.2) is 24.3 Å². The summed E-state index contributed by atoms with van der Waals surface area (Å²) < 4.78 is 0. The van der Waals surface area contributed by atoms with Gasteiger partial charge in [-0.1, -0.05) is 24.3 Å². The SMILES string of the molecule is CC=CC=CCCC1NCCC(Cl)C1O. The first-order valence-corrected chi connectivity index (χ1v) is 6.02. The Morgan fingerprint density at radius 2 is 2.27 bits per heavy atom. The zero-order valence-corrected chi connectivity index (χ0v) is 9.95. The Morgan fingerprint density at radius 1 is 1.47 bits per heavy atom. The average Bonchev–Trinajstić information content (AvgIpc) is 2.24. The zero-order valence-electron chi connectivity index (χ0n) is 9.20. The second-order valence-corrected chi connectivity index (χ2v) is 4.45. The summed E-state index contributed by atoms with van der Waals surface area (Å²) in [5, 5.41) is 13.0. The van der Waals surface area contributed by atoms with Gasteiger partial charge >= 0.3 is 0 Å². The summed E-state index contributed by atoms with van der Waals surface area (Å²) in [4.78, 5) is 0. The molecule has 1 heterocycles. The minimum absolute atomic E-state index is 0.0873. The molecule has 0 bridgehead atoms. The van der Waals surface area contributed by atoms with Gasteiger partial charge in [0.1, 0.15) is 0 Å². The number of piperidine rings is 1. The largest absolute Gasteiger partial charge is 0.390 e. The molecule has 1 saturated heterocycles. The third-order valence-electron chi connectivity index (χ3n) is 2.69. The summed E-state index contributed by atoms with van der Waals surface area (Å²) in [6.45, 7) is 2.91.